The van der Waals surface area contributed by atoms with Crippen LogP contribution in [0, 0.1) is 5.92 Å². The molecule has 1 aliphatic heterocycles. The zero-order chi connectivity index (χ0) is 20.9. The molecule has 1 saturated carbocycles. The van der Waals surface area contributed by atoms with E-state index in [4.69, 9.17) is 23.9 Å². The van der Waals surface area contributed by atoms with Gasteiger partial charge in [0.1, 0.15) is 0 Å². The number of ether oxygens (including phenoxy) is 4. The Hall–Kier alpha value is -1.99. The minimum Gasteiger partial charge on any atom is -0.490 e. The minimum absolute atomic E-state index is 0.679. The van der Waals surface area contributed by atoms with Gasteiger partial charge in [0.25, 0.3) is 0 Å². The van der Waals surface area contributed by atoms with Crippen LogP contribution in [0.5, 0.6) is 11.5 Å². The molecule has 3 rings (SSSR count). The molecule has 168 valence electrons. The number of guanidine groups is 1. The van der Waals surface area contributed by atoms with E-state index in [1.165, 1.54) is 12.8 Å². The lowest BCUT2D eigenvalue weighted by Crippen LogP contribution is -2.32. The summed E-state index contributed by atoms with van der Waals surface area (Å²) >= 11 is 0. The molecular formula is C23H37N3O4. The second kappa shape index (κ2) is 13.3. The Morgan fingerprint density at radius 1 is 1.07 bits per heavy atom. The summed E-state index contributed by atoms with van der Waals surface area (Å²) in [7, 11) is 1.75. The minimum atomic E-state index is 0.679. The third-order valence-corrected chi connectivity index (χ3v) is 5.10. The predicted molar refractivity (Wildman–Crippen MR) is 120 cm³/mol. The van der Waals surface area contributed by atoms with Gasteiger partial charge in [-0.15, -0.1) is 0 Å². The van der Waals surface area contributed by atoms with Gasteiger partial charge < -0.3 is 29.6 Å². The summed E-state index contributed by atoms with van der Waals surface area (Å²) in [6.45, 7) is 5.47. The lowest BCUT2D eigenvalue weighted by molar-refractivity contribution is 0.123. The van der Waals surface area contributed by atoms with Gasteiger partial charge in [0.2, 0.25) is 0 Å². The van der Waals surface area contributed by atoms with Gasteiger partial charge in [-0.25, -0.2) is 0 Å². The van der Waals surface area contributed by atoms with Gasteiger partial charge in [-0.1, -0.05) is 0 Å². The highest BCUT2D eigenvalue weighted by atomic mass is 16.5. The van der Waals surface area contributed by atoms with Crippen molar-refractivity contribution in [1.29, 1.82) is 0 Å². The Kier molecular flexibility index (Phi) is 10.1. The van der Waals surface area contributed by atoms with Crippen LogP contribution >= 0.6 is 0 Å². The van der Waals surface area contributed by atoms with Crippen molar-refractivity contribution in [1.82, 2.24) is 5.32 Å². The summed E-state index contributed by atoms with van der Waals surface area (Å²) in [4.78, 5) is 4.73. The van der Waals surface area contributed by atoms with Crippen molar-refractivity contribution < 1.29 is 18.9 Å². The number of fused-ring (bicyclic) bond motifs is 1. The molecule has 0 atom stereocenters. The molecule has 0 unspecified atom stereocenters. The van der Waals surface area contributed by atoms with Crippen molar-refractivity contribution in [2.45, 2.75) is 44.9 Å². The molecule has 7 heteroatoms. The van der Waals surface area contributed by atoms with Gasteiger partial charge in [-0.05, 0) is 56.6 Å². The molecule has 1 aromatic rings. The number of methoxy groups -OCH3 is 1. The lowest BCUT2D eigenvalue weighted by atomic mass is 10.2. The van der Waals surface area contributed by atoms with E-state index in [2.05, 4.69) is 10.6 Å². The van der Waals surface area contributed by atoms with E-state index in [0.29, 0.717) is 13.2 Å². The van der Waals surface area contributed by atoms with Gasteiger partial charge >= 0.3 is 0 Å². The number of benzene rings is 1. The molecule has 0 radical (unpaired) electrons. The zero-order valence-corrected chi connectivity index (χ0v) is 18.3. The van der Waals surface area contributed by atoms with Crippen LogP contribution in [-0.4, -0.2) is 59.2 Å². The zero-order valence-electron chi connectivity index (χ0n) is 18.3. The Bertz CT molecular complexity index is 649. The van der Waals surface area contributed by atoms with Gasteiger partial charge in [0, 0.05) is 58.2 Å². The largest absolute Gasteiger partial charge is 0.490 e. The highest BCUT2D eigenvalue weighted by Gasteiger charge is 2.20. The van der Waals surface area contributed by atoms with Crippen LogP contribution in [0.3, 0.4) is 0 Å². The molecule has 0 amide bonds. The number of nitrogens with zero attached hydrogens (tertiary/aromatic N) is 1. The Balaban J connectivity index is 1.48. The summed E-state index contributed by atoms with van der Waals surface area (Å²) in [5.41, 5.74) is 0.940. The van der Waals surface area contributed by atoms with Crippen LogP contribution in [0.4, 0.5) is 5.69 Å². The van der Waals surface area contributed by atoms with Crippen LogP contribution in [0.2, 0.25) is 0 Å². The normalized spacial score (nSPS) is 16.2. The van der Waals surface area contributed by atoms with E-state index in [9.17, 15) is 0 Å². The van der Waals surface area contributed by atoms with E-state index >= 15 is 0 Å². The molecule has 0 bridgehead atoms. The van der Waals surface area contributed by atoms with Crippen molar-refractivity contribution in [3.63, 3.8) is 0 Å². The van der Waals surface area contributed by atoms with E-state index < -0.39 is 0 Å². The molecule has 1 fully saturated rings. The number of unbranched alkanes of at least 4 members (excludes halogenated alkanes) is 2. The number of nitrogens with one attached hydrogen (secondary N) is 2. The average molecular weight is 420 g/mol. The van der Waals surface area contributed by atoms with Gasteiger partial charge in [0.15, 0.2) is 17.5 Å². The molecule has 1 heterocycles. The topological polar surface area (TPSA) is 73.3 Å². The summed E-state index contributed by atoms with van der Waals surface area (Å²) in [5, 5.41) is 6.85. The van der Waals surface area contributed by atoms with Crippen molar-refractivity contribution in [3.8, 4) is 11.5 Å². The molecule has 0 saturated heterocycles. The molecule has 1 aromatic carbocycles. The summed E-state index contributed by atoms with van der Waals surface area (Å²) in [5.74, 6) is 3.18. The first kappa shape index (κ1) is 22.7. The SMILES string of the molecule is COCCCCCNC(=NCCCOCC1CC1)Nc1ccc2c(c1)OCCCO2. The predicted octanol–water partition coefficient (Wildman–Crippen LogP) is 3.84. The van der Waals surface area contributed by atoms with E-state index in [-0.39, 0.29) is 0 Å². The molecule has 7 nitrogen and oxygen atoms in total. The van der Waals surface area contributed by atoms with Crippen LogP contribution < -0.4 is 20.1 Å². The molecule has 1 aliphatic carbocycles. The van der Waals surface area contributed by atoms with Crippen LogP contribution in [-0.2, 0) is 9.47 Å². The maximum Gasteiger partial charge on any atom is 0.195 e. The van der Waals surface area contributed by atoms with Crippen molar-refractivity contribution >= 4 is 11.6 Å². The highest BCUT2D eigenvalue weighted by Crippen LogP contribution is 2.32. The molecule has 2 N–H and O–H groups in total. The first-order valence-corrected chi connectivity index (χ1v) is 11.4. The fraction of sp³-hybridized carbons (Fsp3) is 0.696. The number of hydrogen-bond acceptors (Lipinski definition) is 5. The van der Waals surface area contributed by atoms with Crippen LogP contribution in [0.25, 0.3) is 0 Å². The first-order chi connectivity index (χ1) is 14.8. The third-order valence-electron chi connectivity index (χ3n) is 5.10. The second-order valence-electron chi connectivity index (χ2n) is 7.92. The first-order valence-electron chi connectivity index (χ1n) is 11.4. The van der Waals surface area contributed by atoms with Crippen molar-refractivity contribution in [2.75, 3.05) is 58.6 Å². The average Bonchev–Trinajstić information content (AvgIpc) is 3.59. The van der Waals surface area contributed by atoms with Gasteiger partial charge in [-0.2, -0.15) is 0 Å². The molecular weight excluding hydrogens is 382 g/mol. The van der Waals surface area contributed by atoms with E-state index in [1.807, 2.05) is 18.2 Å². The number of anilines is 1. The monoisotopic (exact) mass is 419 g/mol. The number of aliphatic imine (C=N–C) groups is 1. The molecule has 0 spiro atoms. The second-order valence-corrected chi connectivity index (χ2v) is 7.92. The maximum atomic E-state index is 5.80. The fourth-order valence-corrected chi connectivity index (χ4v) is 3.16. The quantitative estimate of drug-likeness (QED) is 0.288. The number of rotatable bonds is 13. The third kappa shape index (κ3) is 8.79. The standard InChI is InChI=1S/C23H37N3O4/c1-27-13-4-2-3-11-24-23(25-12-5-14-28-18-19-7-8-19)26-20-9-10-21-22(17-20)30-16-6-15-29-21/h9-10,17,19H,2-8,11-16,18H2,1H3,(H2,24,25,26). The Labute approximate surface area is 180 Å². The van der Waals surface area contributed by atoms with Gasteiger partial charge in [0.05, 0.1) is 13.2 Å². The van der Waals surface area contributed by atoms with Crippen molar-refractivity contribution in [3.05, 3.63) is 18.2 Å². The van der Waals surface area contributed by atoms with E-state index in [0.717, 1.165) is 94.1 Å². The molecule has 30 heavy (non-hydrogen) atoms. The molecule has 0 aromatic heterocycles. The Morgan fingerprint density at radius 2 is 1.93 bits per heavy atom. The van der Waals surface area contributed by atoms with E-state index in [1.54, 1.807) is 7.11 Å². The summed E-state index contributed by atoms with van der Waals surface area (Å²) in [6.07, 6.45) is 7.78. The summed E-state index contributed by atoms with van der Waals surface area (Å²) < 4.78 is 22.4. The van der Waals surface area contributed by atoms with Gasteiger partial charge in [-0.3, -0.25) is 4.99 Å². The Morgan fingerprint density at radius 3 is 2.77 bits per heavy atom. The lowest BCUT2D eigenvalue weighted by Gasteiger charge is -2.15. The van der Waals surface area contributed by atoms with Crippen LogP contribution in [0.15, 0.2) is 23.2 Å². The van der Waals surface area contributed by atoms with Crippen molar-refractivity contribution in [2.24, 2.45) is 10.9 Å². The van der Waals surface area contributed by atoms with Crippen LogP contribution in [0.1, 0.15) is 44.9 Å². The summed E-state index contributed by atoms with van der Waals surface area (Å²) in [6, 6.07) is 5.94. The highest BCUT2D eigenvalue weighted by molar-refractivity contribution is 5.93. The smallest absolute Gasteiger partial charge is 0.195 e. The maximum absolute atomic E-state index is 5.80. The number of hydrogen-bond donors (Lipinski definition) is 2. The fourth-order valence-electron chi connectivity index (χ4n) is 3.16. The molecule has 2 aliphatic rings.